The van der Waals surface area contributed by atoms with Gasteiger partial charge in [0, 0.05) is 13.2 Å². The molecule has 1 aliphatic heterocycles. The van der Waals surface area contributed by atoms with Crippen molar-refractivity contribution < 1.29 is 4.74 Å². The molecule has 16 heavy (non-hydrogen) atoms. The monoisotopic (exact) mass is 221 g/mol. The summed E-state index contributed by atoms with van der Waals surface area (Å²) in [5.41, 5.74) is 0. The second kappa shape index (κ2) is 4.50. The van der Waals surface area contributed by atoms with Gasteiger partial charge in [0.05, 0.1) is 6.10 Å². The SMILES string of the molecule is CC1OCCC1CNCC1CC2C=CC1C2. The molecule has 3 rings (SSSR count). The van der Waals surface area contributed by atoms with Gasteiger partial charge in [-0.1, -0.05) is 12.2 Å². The van der Waals surface area contributed by atoms with Crippen molar-refractivity contribution in [2.45, 2.75) is 32.3 Å². The summed E-state index contributed by atoms with van der Waals surface area (Å²) in [6, 6.07) is 0. The van der Waals surface area contributed by atoms with Gasteiger partial charge in [0.1, 0.15) is 0 Å². The van der Waals surface area contributed by atoms with Crippen molar-refractivity contribution >= 4 is 0 Å². The highest BCUT2D eigenvalue weighted by Gasteiger charge is 2.35. The molecular formula is C14H23NO. The van der Waals surface area contributed by atoms with Gasteiger partial charge in [0.15, 0.2) is 0 Å². The smallest absolute Gasteiger partial charge is 0.0588 e. The van der Waals surface area contributed by atoms with Crippen molar-refractivity contribution in [3.05, 3.63) is 12.2 Å². The van der Waals surface area contributed by atoms with E-state index in [4.69, 9.17) is 4.74 Å². The molecule has 2 bridgehead atoms. The summed E-state index contributed by atoms with van der Waals surface area (Å²) in [6.07, 6.45) is 9.42. The number of allylic oxidation sites excluding steroid dienone is 2. The van der Waals surface area contributed by atoms with Gasteiger partial charge in [-0.15, -0.1) is 0 Å². The molecule has 5 atom stereocenters. The van der Waals surface area contributed by atoms with Gasteiger partial charge in [-0.25, -0.2) is 0 Å². The molecule has 2 fully saturated rings. The third-order valence-electron chi connectivity index (χ3n) is 4.76. The van der Waals surface area contributed by atoms with E-state index < -0.39 is 0 Å². The van der Waals surface area contributed by atoms with Crippen LogP contribution in [-0.4, -0.2) is 25.8 Å². The van der Waals surface area contributed by atoms with E-state index in [2.05, 4.69) is 24.4 Å². The summed E-state index contributed by atoms with van der Waals surface area (Å²) in [4.78, 5) is 0. The summed E-state index contributed by atoms with van der Waals surface area (Å²) in [5.74, 6) is 3.45. The first-order valence-electron chi connectivity index (χ1n) is 6.83. The van der Waals surface area contributed by atoms with E-state index in [0.29, 0.717) is 6.10 Å². The highest BCUT2D eigenvalue weighted by Crippen LogP contribution is 2.42. The Morgan fingerprint density at radius 1 is 1.19 bits per heavy atom. The maximum atomic E-state index is 5.59. The van der Waals surface area contributed by atoms with Gasteiger partial charge in [0.2, 0.25) is 0 Å². The topological polar surface area (TPSA) is 21.3 Å². The van der Waals surface area contributed by atoms with Crippen molar-refractivity contribution in [2.75, 3.05) is 19.7 Å². The van der Waals surface area contributed by atoms with E-state index in [-0.39, 0.29) is 0 Å². The van der Waals surface area contributed by atoms with E-state index in [1.165, 1.54) is 25.8 Å². The predicted molar refractivity (Wildman–Crippen MR) is 65.2 cm³/mol. The summed E-state index contributed by atoms with van der Waals surface area (Å²) in [7, 11) is 0. The lowest BCUT2D eigenvalue weighted by molar-refractivity contribution is 0.105. The molecule has 90 valence electrons. The van der Waals surface area contributed by atoms with Crippen molar-refractivity contribution in [2.24, 2.45) is 23.7 Å². The first kappa shape index (κ1) is 10.8. The van der Waals surface area contributed by atoms with Crippen LogP contribution in [0.25, 0.3) is 0 Å². The minimum atomic E-state index is 0.465. The normalized spacial score (nSPS) is 45.7. The summed E-state index contributed by atoms with van der Waals surface area (Å²) in [5, 5.41) is 3.67. The Balaban J connectivity index is 1.39. The maximum absolute atomic E-state index is 5.59. The molecule has 0 amide bonds. The highest BCUT2D eigenvalue weighted by molar-refractivity contribution is 5.10. The lowest BCUT2D eigenvalue weighted by atomic mass is 9.93. The molecule has 1 saturated carbocycles. The zero-order chi connectivity index (χ0) is 11.0. The zero-order valence-electron chi connectivity index (χ0n) is 10.2. The average Bonchev–Trinajstić information content (AvgIpc) is 2.96. The fourth-order valence-corrected chi connectivity index (χ4v) is 3.63. The molecule has 0 aromatic rings. The van der Waals surface area contributed by atoms with Crippen LogP contribution in [0.15, 0.2) is 12.2 Å². The largest absolute Gasteiger partial charge is 0.378 e. The standard InChI is InChI=1S/C14H23NO/c1-10-13(4-5-16-10)8-15-9-14-7-11-2-3-12(14)6-11/h2-3,10-15H,4-9H2,1H3. The number of ether oxygens (including phenoxy) is 1. The molecule has 1 saturated heterocycles. The third kappa shape index (κ3) is 2.05. The molecule has 1 heterocycles. The number of rotatable bonds is 4. The lowest BCUT2D eigenvalue weighted by Gasteiger charge is -2.21. The number of nitrogens with one attached hydrogen (secondary N) is 1. The Labute approximate surface area is 98.4 Å². The van der Waals surface area contributed by atoms with Crippen molar-refractivity contribution in [1.29, 1.82) is 0 Å². The Hall–Kier alpha value is -0.340. The molecule has 0 radical (unpaired) electrons. The van der Waals surface area contributed by atoms with Crippen molar-refractivity contribution in [3.63, 3.8) is 0 Å². The van der Waals surface area contributed by atoms with Gasteiger partial charge in [-0.2, -0.15) is 0 Å². The van der Waals surface area contributed by atoms with E-state index in [1.807, 2.05) is 0 Å². The molecule has 0 aromatic heterocycles. The van der Waals surface area contributed by atoms with Crippen molar-refractivity contribution in [1.82, 2.24) is 5.32 Å². The van der Waals surface area contributed by atoms with Crippen LogP contribution in [0.2, 0.25) is 0 Å². The molecule has 0 spiro atoms. The van der Waals surface area contributed by atoms with Crippen LogP contribution >= 0.6 is 0 Å². The maximum Gasteiger partial charge on any atom is 0.0588 e. The molecule has 3 aliphatic rings. The molecule has 5 unspecified atom stereocenters. The number of hydrogen-bond acceptors (Lipinski definition) is 2. The Morgan fingerprint density at radius 2 is 2.06 bits per heavy atom. The van der Waals surface area contributed by atoms with Crippen LogP contribution < -0.4 is 5.32 Å². The minimum absolute atomic E-state index is 0.465. The summed E-state index contributed by atoms with van der Waals surface area (Å²) in [6.45, 7) is 5.54. The Kier molecular flexibility index (Phi) is 3.03. The minimum Gasteiger partial charge on any atom is -0.378 e. The summed E-state index contributed by atoms with van der Waals surface area (Å²) < 4.78 is 5.59. The van der Waals surface area contributed by atoms with E-state index in [0.717, 1.165) is 36.8 Å². The third-order valence-corrected chi connectivity index (χ3v) is 4.76. The first-order chi connectivity index (χ1) is 7.83. The summed E-state index contributed by atoms with van der Waals surface area (Å²) >= 11 is 0. The Morgan fingerprint density at radius 3 is 2.69 bits per heavy atom. The van der Waals surface area contributed by atoms with Gasteiger partial charge in [0.25, 0.3) is 0 Å². The Bertz CT molecular complexity index is 276. The molecule has 1 N–H and O–H groups in total. The van der Waals surface area contributed by atoms with Gasteiger partial charge < -0.3 is 10.1 Å². The second-order valence-corrected chi connectivity index (χ2v) is 5.82. The van der Waals surface area contributed by atoms with Crippen LogP contribution in [0.5, 0.6) is 0 Å². The zero-order valence-corrected chi connectivity index (χ0v) is 10.2. The fourth-order valence-electron chi connectivity index (χ4n) is 3.63. The molecule has 2 aliphatic carbocycles. The molecular weight excluding hydrogens is 198 g/mol. The van der Waals surface area contributed by atoms with Crippen molar-refractivity contribution in [3.8, 4) is 0 Å². The van der Waals surface area contributed by atoms with Crippen LogP contribution in [0.4, 0.5) is 0 Å². The van der Waals surface area contributed by atoms with Crippen LogP contribution in [0, 0.1) is 23.7 Å². The highest BCUT2D eigenvalue weighted by atomic mass is 16.5. The molecule has 0 aromatic carbocycles. The van der Waals surface area contributed by atoms with Gasteiger partial charge in [-0.05, 0) is 56.4 Å². The van der Waals surface area contributed by atoms with Crippen LogP contribution in [0.1, 0.15) is 26.2 Å². The van der Waals surface area contributed by atoms with Crippen LogP contribution in [-0.2, 0) is 4.74 Å². The number of fused-ring (bicyclic) bond motifs is 2. The van der Waals surface area contributed by atoms with E-state index in [9.17, 15) is 0 Å². The molecule has 2 nitrogen and oxygen atoms in total. The van der Waals surface area contributed by atoms with E-state index >= 15 is 0 Å². The predicted octanol–water partition coefficient (Wildman–Crippen LogP) is 2.21. The quantitative estimate of drug-likeness (QED) is 0.735. The average molecular weight is 221 g/mol. The number of hydrogen-bond donors (Lipinski definition) is 1. The first-order valence-corrected chi connectivity index (χ1v) is 6.83. The van der Waals surface area contributed by atoms with Gasteiger partial charge in [-0.3, -0.25) is 0 Å². The van der Waals surface area contributed by atoms with Gasteiger partial charge >= 0.3 is 0 Å². The second-order valence-electron chi connectivity index (χ2n) is 5.82. The van der Waals surface area contributed by atoms with Crippen LogP contribution in [0.3, 0.4) is 0 Å². The lowest BCUT2D eigenvalue weighted by Crippen LogP contribution is -2.32. The molecule has 2 heteroatoms. The fraction of sp³-hybridized carbons (Fsp3) is 0.857. The van der Waals surface area contributed by atoms with E-state index in [1.54, 1.807) is 0 Å².